The largest absolute Gasteiger partial charge is 0.396 e. The maximum atomic E-state index is 8.87. The summed E-state index contributed by atoms with van der Waals surface area (Å²) in [5.41, 5.74) is 2.32. The Hall–Kier alpha value is -0.390. The van der Waals surface area contributed by atoms with Crippen molar-refractivity contribution in [3.05, 3.63) is 15.9 Å². The maximum absolute atomic E-state index is 8.87. The third-order valence-corrected chi connectivity index (χ3v) is 3.87. The minimum atomic E-state index is 0.253. The predicted molar refractivity (Wildman–Crippen MR) is 72.9 cm³/mol. The Morgan fingerprint density at radius 1 is 1.41 bits per heavy atom. The molecule has 0 atom stereocenters. The normalized spacial score (nSPS) is 11.4. The molecule has 0 radical (unpaired) electrons. The number of aromatic nitrogens is 2. The van der Waals surface area contributed by atoms with Gasteiger partial charge in [0.15, 0.2) is 0 Å². The highest BCUT2D eigenvalue weighted by molar-refractivity contribution is 9.10. The van der Waals surface area contributed by atoms with Crippen molar-refractivity contribution in [1.82, 2.24) is 14.7 Å². The summed E-state index contributed by atoms with van der Waals surface area (Å²) in [7, 11) is 1.99. The average Bonchev–Trinajstić information content (AvgIpc) is 2.60. The number of nitrogens with zero attached hydrogens (tertiary/aromatic N) is 3. The lowest BCUT2D eigenvalue weighted by Crippen LogP contribution is -2.26. The van der Waals surface area contributed by atoms with E-state index in [1.807, 2.05) is 11.7 Å². The SMILES string of the molecule is CCc1nn(C)c(CN(CC)CCCO)c1Br. The topological polar surface area (TPSA) is 41.3 Å². The number of aliphatic hydroxyl groups excluding tert-OH is 1. The molecule has 0 aromatic carbocycles. The zero-order valence-corrected chi connectivity index (χ0v) is 12.5. The molecule has 98 valence electrons. The molecule has 0 bridgehead atoms. The van der Waals surface area contributed by atoms with Gasteiger partial charge in [0.2, 0.25) is 0 Å². The van der Waals surface area contributed by atoms with Crippen molar-refractivity contribution in [2.24, 2.45) is 7.05 Å². The smallest absolute Gasteiger partial charge is 0.0767 e. The summed E-state index contributed by atoms with van der Waals surface area (Å²) in [6.07, 6.45) is 1.77. The van der Waals surface area contributed by atoms with Gasteiger partial charge in [0.1, 0.15) is 0 Å². The van der Waals surface area contributed by atoms with Crippen LogP contribution >= 0.6 is 15.9 Å². The third-order valence-electron chi connectivity index (χ3n) is 2.96. The molecule has 5 heteroatoms. The van der Waals surface area contributed by atoms with Crippen LogP contribution in [0.5, 0.6) is 0 Å². The van der Waals surface area contributed by atoms with Crippen LogP contribution in [0.1, 0.15) is 31.7 Å². The van der Waals surface area contributed by atoms with Gasteiger partial charge in [0.25, 0.3) is 0 Å². The molecule has 0 unspecified atom stereocenters. The molecule has 1 N–H and O–H groups in total. The van der Waals surface area contributed by atoms with Crippen molar-refractivity contribution in [3.63, 3.8) is 0 Å². The van der Waals surface area contributed by atoms with Gasteiger partial charge in [-0.1, -0.05) is 13.8 Å². The highest BCUT2D eigenvalue weighted by Crippen LogP contribution is 2.22. The van der Waals surface area contributed by atoms with Crippen LogP contribution < -0.4 is 0 Å². The Morgan fingerprint density at radius 3 is 2.59 bits per heavy atom. The predicted octanol–water partition coefficient (Wildman–Crippen LogP) is 1.95. The molecule has 0 aliphatic rings. The molecule has 1 rings (SSSR count). The zero-order valence-electron chi connectivity index (χ0n) is 10.9. The lowest BCUT2D eigenvalue weighted by Gasteiger charge is -2.20. The average molecular weight is 304 g/mol. The summed E-state index contributed by atoms with van der Waals surface area (Å²) in [4.78, 5) is 2.32. The maximum Gasteiger partial charge on any atom is 0.0767 e. The summed E-state index contributed by atoms with van der Waals surface area (Å²) in [6, 6.07) is 0. The first kappa shape index (κ1) is 14.7. The van der Waals surface area contributed by atoms with Crippen LogP contribution in [0, 0.1) is 0 Å². The standard InChI is InChI=1S/C12H22BrN3O/c1-4-10-12(13)11(15(3)14-10)9-16(5-2)7-6-8-17/h17H,4-9H2,1-3H3. The molecular weight excluding hydrogens is 282 g/mol. The van der Waals surface area contributed by atoms with Gasteiger partial charge in [-0.15, -0.1) is 0 Å². The van der Waals surface area contributed by atoms with E-state index in [1.54, 1.807) is 0 Å². The Bertz CT molecular complexity index is 352. The van der Waals surface area contributed by atoms with E-state index in [-0.39, 0.29) is 6.61 Å². The third kappa shape index (κ3) is 3.79. The first-order chi connectivity index (χ1) is 8.13. The molecule has 0 amide bonds. The summed E-state index contributed by atoms with van der Waals surface area (Å²) in [6.45, 7) is 7.29. The summed E-state index contributed by atoms with van der Waals surface area (Å²) < 4.78 is 3.08. The van der Waals surface area contributed by atoms with Gasteiger partial charge in [-0.2, -0.15) is 5.10 Å². The lowest BCUT2D eigenvalue weighted by molar-refractivity contribution is 0.222. The monoisotopic (exact) mass is 303 g/mol. The molecule has 1 aromatic rings. The van der Waals surface area contributed by atoms with Gasteiger partial charge in [0.05, 0.1) is 15.9 Å². The van der Waals surface area contributed by atoms with E-state index >= 15 is 0 Å². The van der Waals surface area contributed by atoms with E-state index in [4.69, 9.17) is 5.11 Å². The molecular formula is C12H22BrN3O. The Labute approximate surface area is 112 Å². The van der Waals surface area contributed by atoms with E-state index < -0.39 is 0 Å². The van der Waals surface area contributed by atoms with Crippen LogP contribution in [-0.2, 0) is 20.0 Å². The van der Waals surface area contributed by atoms with Crippen molar-refractivity contribution in [1.29, 1.82) is 0 Å². The first-order valence-corrected chi connectivity index (χ1v) is 6.96. The summed E-state index contributed by atoms with van der Waals surface area (Å²) in [5, 5.41) is 13.4. The quantitative estimate of drug-likeness (QED) is 0.837. The van der Waals surface area contributed by atoms with Crippen molar-refractivity contribution in [2.75, 3.05) is 19.7 Å². The van der Waals surface area contributed by atoms with Gasteiger partial charge in [-0.3, -0.25) is 9.58 Å². The minimum Gasteiger partial charge on any atom is -0.396 e. The van der Waals surface area contributed by atoms with Crippen LogP contribution in [0.2, 0.25) is 0 Å². The number of aryl methyl sites for hydroxylation is 2. The fraction of sp³-hybridized carbons (Fsp3) is 0.750. The first-order valence-electron chi connectivity index (χ1n) is 6.17. The molecule has 17 heavy (non-hydrogen) atoms. The second-order valence-corrected chi connectivity index (χ2v) is 4.92. The second kappa shape index (κ2) is 7.13. The van der Waals surface area contributed by atoms with Crippen molar-refractivity contribution in [2.45, 2.75) is 33.2 Å². The minimum absolute atomic E-state index is 0.253. The van der Waals surface area contributed by atoms with E-state index in [0.717, 1.165) is 42.6 Å². The lowest BCUT2D eigenvalue weighted by atomic mass is 10.3. The van der Waals surface area contributed by atoms with Crippen LogP contribution in [0.25, 0.3) is 0 Å². The summed E-state index contributed by atoms with van der Waals surface area (Å²) in [5.74, 6) is 0. The van der Waals surface area contributed by atoms with Crippen LogP contribution in [-0.4, -0.2) is 39.5 Å². The van der Waals surface area contributed by atoms with Crippen molar-refractivity contribution in [3.8, 4) is 0 Å². The fourth-order valence-corrected chi connectivity index (χ4v) is 2.59. The highest BCUT2D eigenvalue weighted by Gasteiger charge is 2.14. The molecule has 1 heterocycles. The summed E-state index contributed by atoms with van der Waals surface area (Å²) >= 11 is 3.63. The number of hydrogen-bond donors (Lipinski definition) is 1. The number of hydrogen-bond acceptors (Lipinski definition) is 3. The molecule has 1 aromatic heterocycles. The molecule has 0 saturated carbocycles. The fourth-order valence-electron chi connectivity index (χ4n) is 1.85. The number of aliphatic hydroxyl groups is 1. The van der Waals surface area contributed by atoms with E-state index in [2.05, 4.69) is 39.8 Å². The molecule has 0 aliphatic carbocycles. The van der Waals surface area contributed by atoms with Gasteiger partial charge < -0.3 is 5.11 Å². The number of halogens is 1. The molecule has 0 aliphatic heterocycles. The van der Waals surface area contributed by atoms with Gasteiger partial charge in [-0.05, 0) is 35.3 Å². The number of rotatable bonds is 7. The van der Waals surface area contributed by atoms with Gasteiger partial charge in [-0.25, -0.2) is 0 Å². The molecule has 0 fully saturated rings. The Kier molecular flexibility index (Phi) is 6.16. The molecule has 4 nitrogen and oxygen atoms in total. The van der Waals surface area contributed by atoms with Crippen LogP contribution in [0.15, 0.2) is 4.47 Å². The van der Waals surface area contributed by atoms with Gasteiger partial charge >= 0.3 is 0 Å². The van der Waals surface area contributed by atoms with Crippen LogP contribution in [0.3, 0.4) is 0 Å². The molecule has 0 saturated heterocycles. The highest BCUT2D eigenvalue weighted by atomic mass is 79.9. The van der Waals surface area contributed by atoms with E-state index in [9.17, 15) is 0 Å². The van der Waals surface area contributed by atoms with Crippen molar-refractivity contribution >= 4 is 15.9 Å². The van der Waals surface area contributed by atoms with Crippen LogP contribution in [0.4, 0.5) is 0 Å². The Morgan fingerprint density at radius 2 is 2.12 bits per heavy atom. The van der Waals surface area contributed by atoms with E-state index in [0.29, 0.717) is 0 Å². The second-order valence-electron chi connectivity index (χ2n) is 4.13. The van der Waals surface area contributed by atoms with Crippen molar-refractivity contribution < 1.29 is 5.11 Å². The van der Waals surface area contributed by atoms with Gasteiger partial charge in [0, 0.05) is 26.7 Å². The molecule has 0 spiro atoms. The zero-order chi connectivity index (χ0) is 12.8. The van der Waals surface area contributed by atoms with E-state index in [1.165, 1.54) is 5.69 Å². The Balaban J connectivity index is 2.75.